The van der Waals surface area contributed by atoms with Gasteiger partial charge in [0.2, 0.25) is 5.91 Å². The van der Waals surface area contributed by atoms with Gasteiger partial charge in [-0.1, -0.05) is 35.0 Å². The minimum Gasteiger partial charge on any atom is -0.336 e. The summed E-state index contributed by atoms with van der Waals surface area (Å²) in [5, 5.41) is 0. The largest absolute Gasteiger partial charge is 0.336 e. The maximum atomic E-state index is 12.2. The molecule has 0 saturated carbocycles. The van der Waals surface area contributed by atoms with Crippen molar-refractivity contribution >= 4 is 27.9 Å². The van der Waals surface area contributed by atoms with E-state index in [4.69, 9.17) is 0 Å². The van der Waals surface area contributed by atoms with E-state index in [1.54, 1.807) is 6.08 Å². The number of nitrogens with zero attached hydrogens (tertiary/aromatic N) is 1. The lowest BCUT2D eigenvalue weighted by Gasteiger charge is -2.34. The van der Waals surface area contributed by atoms with Crippen LogP contribution in [-0.2, 0) is 4.79 Å². The monoisotopic (exact) mass is 321 g/mol. The van der Waals surface area contributed by atoms with E-state index in [1.165, 1.54) is 6.42 Å². The molecule has 0 aromatic heterocycles. The van der Waals surface area contributed by atoms with Crippen LogP contribution in [0.1, 0.15) is 38.2 Å². The van der Waals surface area contributed by atoms with Gasteiger partial charge in [0.1, 0.15) is 0 Å². The Bertz CT molecular complexity index is 452. The number of rotatable bonds is 3. The molecular formula is C16H20BrNO. The first-order valence-corrected chi connectivity index (χ1v) is 7.74. The molecule has 102 valence electrons. The van der Waals surface area contributed by atoms with Crippen LogP contribution in [0.4, 0.5) is 0 Å². The molecule has 1 atom stereocenters. The summed E-state index contributed by atoms with van der Waals surface area (Å²) in [6.45, 7) is 3.07. The molecule has 19 heavy (non-hydrogen) atoms. The van der Waals surface area contributed by atoms with Gasteiger partial charge in [0, 0.05) is 23.1 Å². The molecule has 1 aliphatic rings. The van der Waals surface area contributed by atoms with E-state index in [0.29, 0.717) is 6.04 Å². The van der Waals surface area contributed by atoms with Crippen molar-refractivity contribution in [3.05, 3.63) is 40.4 Å². The minimum atomic E-state index is 0.148. The second kappa shape index (κ2) is 6.90. The molecule has 1 saturated heterocycles. The first-order valence-electron chi connectivity index (χ1n) is 6.95. The summed E-state index contributed by atoms with van der Waals surface area (Å²) in [5.41, 5.74) is 1.06. The van der Waals surface area contributed by atoms with Crippen molar-refractivity contribution < 1.29 is 4.79 Å². The van der Waals surface area contributed by atoms with Gasteiger partial charge in [-0.15, -0.1) is 0 Å². The molecule has 0 aliphatic carbocycles. The van der Waals surface area contributed by atoms with Crippen molar-refractivity contribution in [3.63, 3.8) is 0 Å². The topological polar surface area (TPSA) is 20.3 Å². The number of amides is 1. The lowest BCUT2D eigenvalue weighted by molar-refractivity contribution is -0.129. The molecule has 1 unspecified atom stereocenters. The van der Waals surface area contributed by atoms with Crippen LogP contribution in [0, 0.1) is 0 Å². The van der Waals surface area contributed by atoms with E-state index in [9.17, 15) is 4.79 Å². The molecule has 1 aromatic carbocycles. The predicted molar refractivity (Wildman–Crippen MR) is 82.8 cm³/mol. The highest BCUT2D eigenvalue weighted by molar-refractivity contribution is 9.10. The highest BCUT2D eigenvalue weighted by Crippen LogP contribution is 2.20. The van der Waals surface area contributed by atoms with Gasteiger partial charge in [0.25, 0.3) is 0 Å². The second-order valence-corrected chi connectivity index (χ2v) is 5.89. The molecular weight excluding hydrogens is 302 g/mol. The van der Waals surface area contributed by atoms with Crippen molar-refractivity contribution in [1.82, 2.24) is 4.90 Å². The normalized spacial score (nSPS) is 19.9. The van der Waals surface area contributed by atoms with E-state index >= 15 is 0 Å². The Balaban J connectivity index is 2.01. The molecule has 0 radical (unpaired) electrons. The highest BCUT2D eigenvalue weighted by Gasteiger charge is 2.23. The van der Waals surface area contributed by atoms with Gasteiger partial charge in [0.15, 0.2) is 0 Å². The van der Waals surface area contributed by atoms with Crippen LogP contribution in [0.2, 0.25) is 0 Å². The van der Waals surface area contributed by atoms with Crippen molar-refractivity contribution in [1.29, 1.82) is 0 Å². The zero-order chi connectivity index (χ0) is 13.7. The van der Waals surface area contributed by atoms with Crippen LogP contribution in [0.25, 0.3) is 6.08 Å². The average Bonchev–Trinajstić information content (AvgIpc) is 2.46. The summed E-state index contributed by atoms with van der Waals surface area (Å²) < 4.78 is 1.05. The van der Waals surface area contributed by atoms with E-state index in [-0.39, 0.29) is 5.91 Å². The minimum absolute atomic E-state index is 0.148. The van der Waals surface area contributed by atoms with Crippen molar-refractivity contribution in [2.24, 2.45) is 0 Å². The molecule has 0 N–H and O–H groups in total. The van der Waals surface area contributed by atoms with E-state index in [0.717, 1.165) is 35.8 Å². The Morgan fingerprint density at radius 3 is 2.79 bits per heavy atom. The zero-order valence-electron chi connectivity index (χ0n) is 11.3. The number of likely N-dealkylation sites (tertiary alicyclic amines) is 1. The molecule has 1 fully saturated rings. The summed E-state index contributed by atoms with van der Waals surface area (Å²) in [6.07, 6.45) is 8.19. The van der Waals surface area contributed by atoms with E-state index in [1.807, 2.05) is 35.2 Å². The summed E-state index contributed by atoms with van der Waals surface area (Å²) in [6, 6.07) is 8.40. The number of benzene rings is 1. The number of halogens is 1. The fourth-order valence-corrected chi connectivity index (χ4v) is 2.82. The molecule has 3 heteroatoms. The Kier molecular flexibility index (Phi) is 5.20. The van der Waals surface area contributed by atoms with Crippen molar-refractivity contribution in [2.45, 2.75) is 38.6 Å². The van der Waals surface area contributed by atoms with Crippen LogP contribution in [0.3, 0.4) is 0 Å². The lowest BCUT2D eigenvalue weighted by atomic mass is 10.00. The van der Waals surface area contributed by atoms with E-state index in [2.05, 4.69) is 22.9 Å². The molecule has 1 aromatic rings. The predicted octanol–water partition coefficient (Wildman–Crippen LogP) is 4.25. The third kappa shape index (κ3) is 3.93. The molecule has 0 spiro atoms. The quantitative estimate of drug-likeness (QED) is 0.762. The van der Waals surface area contributed by atoms with Gasteiger partial charge < -0.3 is 4.90 Å². The first-order chi connectivity index (χ1) is 9.20. The number of carbonyl (C=O) groups excluding carboxylic acids is 1. The van der Waals surface area contributed by atoms with Crippen molar-refractivity contribution in [3.8, 4) is 0 Å². The van der Waals surface area contributed by atoms with Gasteiger partial charge in [-0.2, -0.15) is 0 Å². The number of carbonyl (C=O) groups is 1. The van der Waals surface area contributed by atoms with Gasteiger partial charge in [-0.25, -0.2) is 0 Å². The van der Waals surface area contributed by atoms with Crippen LogP contribution < -0.4 is 0 Å². The van der Waals surface area contributed by atoms with Crippen LogP contribution in [-0.4, -0.2) is 23.4 Å². The standard InChI is InChI=1S/C16H20BrNO/c1-2-15-5-3-4-12-18(15)16(19)11-8-13-6-9-14(17)10-7-13/h6-11,15H,2-5,12H2,1H3/b11-8+. The molecule has 1 amide bonds. The van der Waals surface area contributed by atoms with Crippen LogP contribution in [0.5, 0.6) is 0 Å². The molecule has 1 heterocycles. The van der Waals surface area contributed by atoms with Crippen molar-refractivity contribution in [2.75, 3.05) is 6.54 Å². The van der Waals surface area contributed by atoms with Gasteiger partial charge in [-0.3, -0.25) is 4.79 Å². The lowest BCUT2D eigenvalue weighted by Crippen LogP contribution is -2.42. The maximum Gasteiger partial charge on any atom is 0.246 e. The fourth-order valence-electron chi connectivity index (χ4n) is 2.55. The van der Waals surface area contributed by atoms with Gasteiger partial charge in [0.05, 0.1) is 0 Å². The summed E-state index contributed by atoms with van der Waals surface area (Å²) in [7, 11) is 0. The second-order valence-electron chi connectivity index (χ2n) is 4.97. The molecule has 2 rings (SSSR count). The third-order valence-electron chi connectivity index (χ3n) is 3.67. The van der Waals surface area contributed by atoms with Gasteiger partial charge >= 0.3 is 0 Å². The number of hydrogen-bond donors (Lipinski definition) is 0. The Morgan fingerprint density at radius 2 is 2.11 bits per heavy atom. The third-order valence-corrected chi connectivity index (χ3v) is 4.20. The average molecular weight is 322 g/mol. The summed E-state index contributed by atoms with van der Waals surface area (Å²) in [4.78, 5) is 14.3. The Hall–Kier alpha value is -1.09. The number of hydrogen-bond acceptors (Lipinski definition) is 1. The number of piperidine rings is 1. The SMILES string of the molecule is CCC1CCCCN1C(=O)/C=C/c1ccc(Br)cc1. The Labute approximate surface area is 123 Å². The summed E-state index contributed by atoms with van der Waals surface area (Å²) in [5.74, 6) is 0.148. The first kappa shape index (κ1) is 14.3. The summed E-state index contributed by atoms with van der Waals surface area (Å²) >= 11 is 3.41. The maximum absolute atomic E-state index is 12.2. The fraction of sp³-hybridized carbons (Fsp3) is 0.438. The van der Waals surface area contributed by atoms with Crippen LogP contribution in [0.15, 0.2) is 34.8 Å². The Morgan fingerprint density at radius 1 is 1.37 bits per heavy atom. The smallest absolute Gasteiger partial charge is 0.246 e. The zero-order valence-corrected chi connectivity index (χ0v) is 12.9. The van der Waals surface area contributed by atoms with Gasteiger partial charge in [-0.05, 0) is 49.5 Å². The molecule has 0 bridgehead atoms. The van der Waals surface area contributed by atoms with Crippen LogP contribution >= 0.6 is 15.9 Å². The molecule has 2 nitrogen and oxygen atoms in total. The van der Waals surface area contributed by atoms with E-state index < -0.39 is 0 Å². The molecule has 1 aliphatic heterocycles. The highest BCUT2D eigenvalue weighted by atomic mass is 79.9.